The number of carbonyl (C=O) groups is 1. The summed E-state index contributed by atoms with van der Waals surface area (Å²) in [6, 6.07) is 6.82. The van der Waals surface area contributed by atoms with Crippen LogP contribution in [0.2, 0.25) is 0 Å². The van der Waals surface area contributed by atoms with Crippen molar-refractivity contribution in [2.75, 3.05) is 0 Å². The Morgan fingerprint density at radius 1 is 1.24 bits per heavy atom. The molecule has 0 bridgehead atoms. The Morgan fingerprint density at radius 3 is 2.71 bits per heavy atom. The van der Waals surface area contributed by atoms with Gasteiger partial charge in [-0.1, -0.05) is 12.1 Å². The first-order valence-electron chi connectivity index (χ1n) is 6.28. The standard InChI is InChI=1S/C15H12N2O2S2/c1-8-13(16-9(2)21-8)12-7-20-14(17-12)10-4-3-5-11(6-10)15(18)19/h3-7H,1-2H3,(H,18,19). The van der Waals surface area contributed by atoms with E-state index in [0.29, 0.717) is 0 Å². The van der Waals surface area contributed by atoms with Crippen LogP contribution in [0.1, 0.15) is 20.2 Å². The number of aryl methyl sites for hydroxylation is 2. The van der Waals surface area contributed by atoms with Gasteiger partial charge in [-0.3, -0.25) is 0 Å². The fourth-order valence-corrected chi connectivity index (χ4v) is 3.70. The van der Waals surface area contributed by atoms with E-state index in [1.165, 1.54) is 11.3 Å². The Morgan fingerprint density at radius 2 is 2.05 bits per heavy atom. The van der Waals surface area contributed by atoms with E-state index in [0.717, 1.165) is 31.8 Å². The highest BCUT2D eigenvalue weighted by Gasteiger charge is 2.13. The number of carboxylic acid groups (broad SMARTS) is 1. The van der Waals surface area contributed by atoms with Gasteiger partial charge in [-0.05, 0) is 26.0 Å². The maximum absolute atomic E-state index is 11.0. The van der Waals surface area contributed by atoms with E-state index in [9.17, 15) is 4.79 Å². The Bertz CT molecular complexity index is 821. The molecule has 0 unspecified atom stereocenters. The second kappa shape index (κ2) is 5.38. The highest BCUT2D eigenvalue weighted by molar-refractivity contribution is 7.13. The van der Waals surface area contributed by atoms with E-state index in [1.54, 1.807) is 29.5 Å². The number of aromatic nitrogens is 2. The molecule has 0 spiro atoms. The first kappa shape index (κ1) is 13.9. The normalized spacial score (nSPS) is 10.8. The molecule has 21 heavy (non-hydrogen) atoms. The summed E-state index contributed by atoms with van der Waals surface area (Å²) in [5, 5.41) is 12.8. The van der Waals surface area contributed by atoms with Crippen molar-refractivity contribution in [1.29, 1.82) is 0 Å². The van der Waals surface area contributed by atoms with Crippen LogP contribution in [0.3, 0.4) is 0 Å². The van der Waals surface area contributed by atoms with Crippen LogP contribution in [0.5, 0.6) is 0 Å². The smallest absolute Gasteiger partial charge is 0.335 e. The molecule has 1 aromatic carbocycles. The van der Waals surface area contributed by atoms with Gasteiger partial charge in [0.15, 0.2) is 0 Å². The van der Waals surface area contributed by atoms with Gasteiger partial charge < -0.3 is 5.11 Å². The number of carboxylic acids is 1. The summed E-state index contributed by atoms with van der Waals surface area (Å²) in [7, 11) is 0. The van der Waals surface area contributed by atoms with Crippen molar-refractivity contribution in [3.05, 3.63) is 45.1 Å². The van der Waals surface area contributed by atoms with Crippen LogP contribution < -0.4 is 0 Å². The molecule has 0 fully saturated rings. The van der Waals surface area contributed by atoms with E-state index < -0.39 is 5.97 Å². The molecule has 3 rings (SSSR count). The van der Waals surface area contributed by atoms with Crippen LogP contribution in [0.15, 0.2) is 29.6 Å². The maximum atomic E-state index is 11.0. The summed E-state index contributed by atoms with van der Waals surface area (Å²) in [5.74, 6) is -0.931. The van der Waals surface area contributed by atoms with E-state index in [4.69, 9.17) is 5.11 Å². The molecule has 0 aliphatic rings. The van der Waals surface area contributed by atoms with Crippen molar-refractivity contribution in [2.24, 2.45) is 0 Å². The number of rotatable bonds is 3. The summed E-state index contributed by atoms with van der Waals surface area (Å²) >= 11 is 3.15. The van der Waals surface area contributed by atoms with Crippen LogP contribution in [0, 0.1) is 13.8 Å². The van der Waals surface area contributed by atoms with Crippen LogP contribution in [-0.2, 0) is 0 Å². The Balaban J connectivity index is 2.00. The molecule has 2 aromatic heterocycles. The first-order valence-corrected chi connectivity index (χ1v) is 7.98. The zero-order valence-electron chi connectivity index (χ0n) is 11.5. The molecule has 2 heterocycles. The molecule has 1 N–H and O–H groups in total. The largest absolute Gasteiger partial charge is 0.478 e. The van der Waals surface area contributed by atoms with Crippen molar-refractivity contribution in [3.63, 3.8) is 0 Å². The number of benzene rings is 1. The van der Waals surface area contributed by atoms with E-state index in [-0.39, 0.29) is 5.56 Å². The van der Waals surface area contributed by atoms with Crippen molar-refractivity contribution < 1.29 is 9.90 Å². The predicted octanol–water partition coefficient (Wildman–Crippen LogP) is 4.25. The molecule has 0 saturated carbocycles. The summed E-state index contributed by atoms with van der Waals surface area (Å²) in [5.41, 5.74) is 2.84. The predicted molar refractivity (Wildman–Crippen MR) is 85.1 cm³/mol. The Kier molecular flexibility index (Phi) is 3.57. The molecular weight excluding hydrogens is 304 g/mol. The monoisotopic (exact) mass is 316 g/mol. The van der Waals surface area contributed by atoms with Crippen LogP contribution in [-0.4, -0.2) is 21.0 Å². The van der Waals surface area contributed by atoms with Gasteiger partial charge in [0.25, 0.3) is 0 Å². The molecule has 0 radical (unpaired) electrons. The minimum absolute atomic E-state index is 0.268. The Hall–Kier alpha value is -2.05. The molecule has 106 valence electrons. The quantitative estimate of drug-likeness (QED) is 0.784. The third-order valence-electron chi connectivity index (χ3n) is 3.01. The highest BCUT2D eigenvalue weighted by atomic mass is 32.1. The number of hydrogen-bond acceptors (Lipinski definition) is 5. The molecule has 0 atom stereocenters. The third-order valence-corrected chi connectivity index (χ3v) is 4.78. The van der Waals surface area contributed by atoms with Crippen LogP contribution >= 0.6 is 22.7 Å². The lowest BCUT2D eigenvalue weighted by molar-refractivity contribution is 0.0697. The van der Waals surface area contributed by atoms with Crippen molar-refractivity contribution >= 4 is 28.6 Å². The second-order valence-electron chi connectivity index (χ2n) is 4.56. The lowest BCUT2D eigenvalue weighted by Gasteiger charge is -1.98. The second-order valence-corrected chi connectivity index (χ2v) is 6.83. The molecule has 6 heteroatoms. The van der Waals surface area contributed by atoms with Gasteiger partial charge in [-0.2, -0.15) is 0 Å². The average Bonchev–Trinajstić information content (AvgIpc) is 3.05. The van der Waals surface area contributed by atoms with Crippen molar-refractivity contribution in [3.8, 4) is 22.0 Å². The summed E-state index contributed by atoms with van der Waals surface area (Å²) in [6.07, 6.45) is 0. The van der Waals surface area contributed by atoms with Crippen LogP contribution in [0.25, 0.3) is 22.0 Å². The van der Waals surface area contributed by atoms with Gasteiger partial charge in [0.05, 0.1) is 10.6 Å². The average molecular weight is 316 g/mol. The van der Waals surface area contributed by atoms with Gasteiger partial charge in [0, 0.05) is 15.8 Å². The topological polar surface area (TPSA) is 63.1 Å². The maximum Gasteiger partial charge on any atom is 0.335 e. The Labute approximate surface area is 129 Å². The fourth-order valence-electron chi connectivity index (χ4n) is 2.07. The minimum atomic E-state index is -0.931. The minimum Gasteiger partial charge on any atom is -0.478 e. The summed E-state index contributed by atoms with van der Waals surface area (Å²) < 4.78 is 0. The summed E-state index contributed by atoms with van der Waals surface area (Å²) in [6.45, 7) is 4.01. The third kappa shape index (κ3) is 2.72. The molecule has 0 amide bonds. The van der Waals surface area contributed by atoms with Gasteiger partial charge in [0.1, 0.15) is 16.4 Å². The number of thiazole rings is 2. The molecule has 0 saturated heterocycles. The van der Waals surface area contributed by atoms with Crippen molar-refractivity contribution in [1.82, 2.24) is 9.97 Å². The molecule has 0 aliphatic carbocycles. The molecule has 0 aliphatic heterocycles. The molecule has 3 aromatic rings. The van der Waals surface area contributed by atoms with E-state index >= 15 is 0 Å². The van der Waals surface area contributed by atoms with E-state index in [1.807, 2.05) is 25.3 Å². The lowest BCUT2D eigenvalue weighted by atomic mass is 10.1. The number of nitrogens with zero attached hydrogens (tertiary/aromatic N) is 2. The first-order chi connectivity index (χ1) is 10.0. The van der Waals surface area contributed by atoms with Gasteiger partial charge in [-0.25, -0.2) is 14.8 Å². The fraction of sp³-hybridized carbons (Fsp3) is 0.133. The SMILES string of the molecule is Cc1nc(-c2csc(-c3cccc(C(=O)O)c3)n2)c(C)s1. The van der Waals surface area contributed by atoms with Gasteiger partial charge in [0.2, 0.25) is 0 Å². The number of aromatic carboxylic acids is 1. The van der Waals surface area contributed by atoms with E-state index in [2.05, 4.69) is 9.97 Å². The number of hydrogen-bond donors (Lipinski definition) is 1. The molecule has 4 nitrogen and oxygen atoms in total. The van der Waals surface area contributed by atoms with Gasteiger partial charge >= 0.3 is 5.97 Å². The lowest BCUT2D eigenvalue weighted by Crippen LogP contribution is -1.95. The van der Waals surface area contributed by atoms with Gasteiger partial charge in [-0.15, -0.1) is 22.7 Å². The zero-order chi connectivity index (χ0) is 15.0. The van der Waals surface area contributed by atoms with Crippen molar-refractivity contribution in [2.45, 2.75) is 13.8 Å². The molecular formula is C15H12N2O2S2. The zero-order valence-corrected chi connectivity index (χ0v) is 13.1. The highest BCUT2D eigenvalue weighted by Crippen LogP contribution is 2.32. The summed E-state index contributed by atoms with van der Waals surface area (Å²) in [4.78, 5) is 21.3. The van der Waals surface area contributed by atoms with Crippen LogP contribution in [0.4, 0.5) is 0 Å².